The number of amides is 1. The van der Waals surface area contributed by atoms with Crippen LogP contribution < -0.4 is 0 Å². The van der Waals surface area contributed by atoms with Crippen molar-refractivity contribution in [2.45, 2.75) is 19.5 Å². The highest BCUT2D eigenvalue weighted by Gasteiger charge is 2.34. The minimum absolute atomic E-state index is 0.183. The summed E-state index contributed by atoms with van der Waals surface area (Å²) in [5, 5.41) is 8.48. The molecule has 5 nitrogen and oxygen atoms in total. The summed E-state index contributed by atoms with van der Waals surface area (Å²) in [7, 11) is 1.41. The molecule has 0 radical (unpaired) electrons. The first kappa shape index (κ1) is 16.7. The van der Waals surface area contributed by atoms with Crippen LogP contribution in [-0.4, -0.2) is 54.9 Å². The molecule has 0 aromatic heterocycles. The van der Waals surface area contributed by atoms with Crippen LogP contribution in [0.5, 0.6) is 0 Å². The second kappa shape index (κ2) is 7.20. The van der Waals surface area contributed by atoms with Crippen molar-refractivity contribution in [2.75, 3.05) is 26.8 Å². The van der Waals surface area contributed by atoms with Crippen LogP contribution in [0.3, 0.4) is 0 Å². The lowest BCUT2D eigenvalue weighted by Crippen LogP contribution is -2.42. The maximum Gasteiger partial charge on any atom is 0.406 e. The SMILES string of the molecule is COCC(C)CC(=O)N(CC(=O)O)CC(F)(F)F. The number of carboxylic acids is 1. The number of carboxylic acid groups (broad SMARTS) is 1. The molecule has 0 saturated heterocycles. The monoisotopic (exact) mass is 271 g/mol. The second-order valence-electron chi connectivity index (χ2n) is 4.02. The molecule has 0 aromatic carbocycles. The van der Waals surface area contributed by atoms with E-state index in [9.17, 15) is 22.8 Å². The summed E-state index contributed by atoms with van der Waals surface area (Å²) in [4.78, 5) is 22.3. The van der Waals surface area contributed by atoms with Gasteiger partial charge in [-0.15, -0.1) is 0 Å². The Morgan fingerprint density at radius 3 is 2.33 bits per heavy atom. The third-order valence-corrected chi connectivity index (χ3v) is 2.02. The zero-order chi connectivity index (χ0) is 14.3. The summed E-state index contributed by atoms with van der Waals surface area (Å²) >= 11 is 0. The lowest BCUT2D eigenvalue weighted by molar-refractivity contribution is -0.166. The van der Waals surface area contributed by atoms with Crippen molar-refractivity contribution >= 4 is 11.9 Å². The highest BCUT2D eigenvalue weighted by molar-refractivity contribution is 5.81. The zero-order valence-corrected chi connectivity index (χ0v) is 10.2. The molecule has 1 atom stereocenters. The number of methoxy groups -OCH3 is 1. The summed E-state index contributed by atoms with van der Waals surface area (Å²) < 4.78 is 41.3. The fourth-order valence-electron chi connectivity index (χ4n) is 1.38. The maximum absolute atomic E-state index is 12.2. The van der Waals surface area contributed by atoms with Gasteiger partial charge in [-0.3, -0.25) is 9.59 Å². The molecule has 0 fully saturated rings. The summed E-state index contributed by atoms with van der Waals surface area (Å²) in [5.74, 6) is -2.60. The fourth-order valence-corrected chi connectivity index (χ4v) is 1.38. The lowest BCUT2D eigenvalue weighted by Gasteiger charge is -2.23. The van der Waals surface area contributed by atoms with Crippen LogP contribution >= 0.6 is 0 Å². The van der Waals surface area contributed by atoms with Crippen LogP contribution in [0, 0.1) is 5.92 Å². The Morgan fingerprint density at radius 2 is 1.94 bits per heavy atom. The van der Waals surface area contributed by atoms with Crippen molar-refractivity contribution in [3.63, 3.8) is 0 Å². The molecule has 8 heteroatoms. The Bertz CT molecular complexity index is 293. The normalized spacial score (nSPS) is 13.2. The van der Waals surface area contributed by atoms with E-state index in [-0.39, 0.29) is 23.8 Å². The highest BCUT2D eigenvalue weighted by atomic mass is 19.4. The Labute approximate surface area is 103 Å². The van der Waals surface area contributed by atoms with Gasteiger partial charge in [0, 0.05) is 20.1 Å². The van der Waals surface area contributed by atoms with Gasteiger partial charge in [-0.2, -0.15) is 13.2 Å². The van der Waals surface area contributed by atoms with E-state index >= 15 is 0 Å². The molecule has 0 aromatic rings. The van der Waals surface area contributed by atoms with Gasteiger partial charge in [0.15, 0.2) is 0 Å². The van der Waals surface area contributed by atoms with Gasteiger partial charge < -0.3 is 14.7 Å². The first-order chi connectivity index (χ1) is 8.15. The molecule has 106 valence electrons. The molecule has 0 aliphatic rings. The maximum atomic E-state index is 12.2. The Hall–Kier alpha value is -1.31. The van der Waals surface area contributed by atoms with Crippen molar-refractivity contribution in [3.05, 3.63) is 0 Å². The molecule has 0 rings (SSSR count). The van der Waals surface area contributed by atoms with E-state index in [1.165, 1.54) is 7.11 Å². The van der Waals surface area contributed by atoms with Gasteiger partial charge in [0.2, 0.25) is 5.91 Å². The Kier molecular flexibility index (Phi) is 6.67. The molecule has 1 N–H and O–H groups in total. The summed E-state index contributed by atoms with van der Waals surface area (Å²) in [6.45, 7) is -0.664. The summed E-state index contributed by atoms with van der Waals surface area (Å²) in [5.41, 5.74) is 0. The number of aliphatic carboxylic acids is 1. The third kappa shape index (κ3) is 7.88. The number of alkyl halides is 3. The average Bonchev–Trinajstić information content (AvgIpc) is 2.13. The van der Waals surface area contributed by atoms with Crippen molar-refractivity contribution < 1.29 is 32.6 Å². The molecule has 0 aliphatic heterocycles. The molecule has 0 spiro atoms. The van der Waals surface area contributed by atoms with Crippen molar-refractivity contribution in [1.29, 1.82) is 0 Å². The van der Waals surface area contributed by atoms with E-state index in [0.29, 0.717) is 0 Å². The van der Waals surface area contributed by atoms with Crippen molar-refractivity contribution in [1.82, 2.24) is 4.90 Å². The number of hydrogen-bond acceptors (Lipinski definition) is 3. The van der Waals surface area contributed by atoms with Crippen LogP contribution in [0.15, 0.2) is 0 Å². The number of hydrogen-bond donors (Lipinski definition) is 1. The van der Waals surface area contributed by atoms with Gasteiger partial charge in [-0.05, 0) is 5.92 Å². The van der Waals surface area contributed by atoms with Crippen LogP contribution in [0.1, 0.15) is 13.3 Å². The smallest absolute Gasteiger partial charge is 0.406 e. The Morgan fingerprint density at radius 1 is 1.39 bits per heavy atom. The van der Waals surface area contributed by atoms with E-state index in [4.69, 9.17) is 9.84 Å². The van der Waals surface area contributed by atoms with E-state index < -0.39 is 31.1 Å². The zero-order valence-electron chi connectivity index (χ0n) is 10.2. The predicted molar refractivity (Wildman–Crippen MR) is 55.9 cm³/mol. The molecule has 0 bridgehead atoms. The highest BCUT2D eigenvalue weighted by Crippen LogP contribution is 2.17. The minimum Gasteiger partial charge on any atom is -0.480 e. The topological polar surface area (TPSA) is 66.8 Å². The summed E-state index contributed by atoms with van der Waals surface area (Å²) in [6.07, 6.45) is -4.80. The average molecular weight is 271 g/mol. The molecule has 0 saturated carbocycles. The molecule has 1 amide bonds. The van der Waals surface area contributed by atoms with Crippen LogP contribution in [0.2, 0.25) is 0 Å². The van der Waals surface area contributed by atoms with E-state index in [1.54, 1.807) is 6.92 Å². The minimum atomic E-state index is -4.62. The molecule has 0 aliphatic carbocycles. The quantitative estimate of drug-likeness (QED) is 0.754. The number of rotatable bonds is 7. The summed E-state index contributed by atoms with van der Waals surface area (Å²) in [6, 6.07) is 0. The number of carbonyl (C=O) groups is 2. The van der Waals surface area contributed by atoms with Crippen molar-refractivity contribution in [3.8, 4) is 0 Å². The van der Waals surface area contributed by atoms with Crippen LogP contribution in [0.4, 0.5) is 13.2 Å². The predicted octanol–water partition coefficient (Wildman–Crippen LogP) is 1.13. The van der Waals surface area contributed by atoms with Crippen LogP contribution in [0.25, 0.3) is 0 Å². The molecule has 0 heterocycles. The molecular formula is C10H16F3NO4. The number of carbonyl (C=O) groups excluding carboxylic acids is 1. The molecule has 1 unspecified atom stereocenters. The largest absolute Gasteiger partial charge is 0.480 e. The van der Waals surface area contributed by atoms with E-state index in [2.05, 4.69) is 0 Å². The first-order valence-electron chi connectivity index (χ1n) is 5.21. The lowest BCUT2D eigenvalue weighted by atomic mass is 10.1. The van der Waals surface area contributed by atoms with Gasteiger partial charge >= 0.3 is 12.1 Å². The van der Waals surface area contributed by atoms with Crippen molar-refractivity contribution in [2.24, 2.45) is 5.92 Å². The van der Waals surface area contributed by atoms with Crippen LogP contribution in [-0.2, 0) is 14.3 Å². The number of halogens is 3. The number of ether oxygens (including phenoxy) is 1. The fraction of sp³-hybridized carbons (Fsp3) is 0.800. The molecular weight excluding hydrogens is 255 g/mol. The first-order valence-corrected chi connectivity index (χ1v) is 5.21. The van der Waals surface area contributed by atoms with Gasteiger partial charge in [0.05, 0.1) is 0 Å². The Balaban J connectivity index is 4.54. The van der Waals surface area contributed by atoms with Gasteiger partial charge in [0.1, 0.15) is 13.1 Å². The second-order valence-corrected chi connectivity index (χ2v) is 4.02. The van der Waals surface area contributed by atoms with Gasteiger partial charge in [0.25, 0.3) is 0 Å². The van der Waals surface area contributed by atoms with Gasteiger partial charge in [-0.25, -0.2) is 0 Å². The molecule has 18 heavy (non-hydrogen) atoms. The standard InChI is InChI=1S/C10H16F3NO4/c1-7(5-18-2)3-8(15)14(4-9(16)17)6-10(11,12)13/h7H,3-6H2,1-2H3,(H,16,17). The van der Waals surface area contributed by atoms with Gasteiger partial charge in [-0.1, -0.05) is 6.92 Å². The van der Waals surface area contributed by atoms with E-state index in [1.807, 2.05) is 0 Å². The number of nitrogens with zero attached hydrogens (tertiary/aromatic N) is 1. The third-order valence-electron chi connectivity index (χ3n) is 2.02. The van der Waals surface area contributed by atoms with E-state index in [0.717, 1.165) is 0 Å².